The lowest BCUT2D eigenvalue weighted by molar-refractivity contribution is 0.0835. The summed E-state index contributed by atoms with van der Waals surface area (Å²) in [5.41, 5.74) is 1.57. The second-order valence-corrected chi connectivity index (χ2v) is 6.53. The molecule has 1 aliphatic heterocycles. The third-order valence-corrected chi connectivity index (χ3v) is 4.47. The molecule has 3 aromatic rings. The van der Waals surface area contributed by atoms with E-state index in [0.717, 1.165) is 12.8 Å². The number of aryl methyl sites for hydroxylation is 1. The minimum Gasteiger partial charge on any atom is -0.368 e. The van der Waals surface area contributed by atoms with Crippen LogP contribution in [0.4, 0.5) is 4.39 Å². The number of carbonyl (C=O) groups excluding carboxylic acids is 1. The molecule has 4 rings (SSSR count). The fraction of sp³-hybridized carbons (Fsp3) is 0.368. The summed E-state index contributed by atoms with van der Waals surface area (Å²) < 4.78 is 24.2. The van der Waals surface area contributed by atoms with E-state index in [9.17, 15) is 9.18 Å². The van der Waals surface area contributed by atoms with Crippen LogP contribution in [0.25, 0.3) is 10.9 Å². The van der Waals surface area contributed by atoms with Crippen molar-refractivity contribution in [1.82, 2.24) is 20.4 Å². The summed E-state index contributed by atoms with van der Waals surface area (Å²) in [6.07, 6.45) is 2.20. The largest absolute Gasteiger partial charge is 0.368 e. The second kappa shape index (κ2) is 7.40. The summed E-state index contributed by atoms with van der Waals surface area (Å²) in [6.45, 7) is 2.84. The molecule has 1 saturated heterocycles. The molecular weight excluding hydrogens is 351 g/mol. The van der Waals surface area contributed by atoms with E-state index in [1.807, 2.05) is 0 Å². The Bertz CT molecular complexity index is 977. The van der Waals surface area contributed by atoms with Crippen LogP contribution in [0, 0.1) is 12.7 Å². The molecule has 0 aliphatic carbocycles. The number of nitrogens with zero attached hydrogens (tertiary/aromatic N) is 3. The van der Waals surface area contributed by atoms with Crippen LogP contribution in [0.3, 0.4) is 0 Å². The number of fused-ring (bicyclic) bond motifs is 1. The lowest BCUT2D eigenvalue weighted by Crippen LogP contribution is -2.26. The van der Waals surface area contributed by atoms with Crippen LogP contribution in [0.5, 0.6) is 0 Å². The summed E-state index contributed by atoms with van der Waals surface area (Å²) in [5, 5.41) is 7.39. The summed E-state index contributed by atoms with van der Waals surface area (Å²) in [4.78, 5) is 21.2. The van der Waals surface area contributed by atoms with Crippen LogP contribution in [0.15, 0.2) is 28.8 Å². The molecule has 1 amide bonds. The number of amides is 1. The standard InChI is InChI=1S/C19H19FN4O3/c1-11-9-14(13-5-4-12(20)10-15(13)22-11)18(25)21-7-6-17-23-19(27-24-17)16-3-2-8-26-16/h4-5,9-10,16H,2-3,6-8H2,1H3,(H,21,25)/t16-/m0/s1. The van der Waals surface area contributed by atoms with Crippen LogP contribution in [-0.4, -0.2) is 34.2 Å². The first kappa shape index (κ1) is 17.5. The van der Waals surface area contributed by atoms with Crippen molar-refractivity contribution in [3.8, 4) is 0 Å². The van der Waals surface area contributed by atoms with Crippen molar-refractivity contribution in [3.63, 3.8) is 0 Å². The Morgan fingerprint density at radius 3 is 3.04 bits per heavy atom. The number of hydrogen-bond acceptors (Lipinski definition) is 6. The van der Waals surface area contributed by atoms with Gasteiger partial charge in [0.25, 0.3) is 11.8 Å². The van der Waals surface area contributed by atoms with E-state index in [-0.39, 0.29) is 17.8 Å². The highest BCUT2D eigenvalue weighted by molar-refractivity contribution is 6.06. The molecule has 0 unspecified atom stereocenters. The number of ether oxygens (including phenoxy) is 1. The summed E-state index contributed by atoms with van der Waals surface area (Å²) in [6, 6.07) is 5.91. The van der Waals surface area contributed by atoms with Gasteiger partial charge in [-0.3, -0.25) is 9.78 Å². The van der Waals surface area contributed by atoms with Gasteiger partial charge in [-0.25, -0.2) is 4.39 Å². The molecular formula is C19H19FN4O3. The van der Waals surface area contributed by atoms with Crippen molar-refractivity contribution in [2.24, 2.45) is 0 Å². The third-order valence-electron chi connectivity index (χ3n) is 4.47. The Kier molecular flexibility index (Phi) is 4.81. The lowest BCUT2D eigenvalue weighted by atomic mass is 10.1. The fourth-order valence-electron chi connectivity index (χ4n) is 3.18. The molecule has 8 heteroatoms. The van der Waals surface area contributed by atoms with Crippen LogP contribution in [0.2, 0.25) is 0 Å². The summed E-state index contributed by atoms with van der Waals surface area (Å²) in [7, 11) is 0. The number of aromatic nitrogens is 3. The number of hydrogen-bond donors (Lipinski definition) is 1. The fourth-order valence-corrected chi connectivity index (χ4v) is 3.18. The maximum Gasteiger partial charge on any atom is 0.255 e. The monoisotopic (exact) mass is 370 g/mol. The first-order valence-electron chi connectivity index (χ1n) is 8.89. The van der Waals surface area contributed by atoms with Gasteiger partial charge in [0.15, 0.2) is 5.82 Å². The number of nitrogens with one attached hydrogen (secondary N) is 1. The Morgan fingerprint density at radius 2 is 2.22 bits per heavy atom. The van der Waals surface area contributed by atoms with Crippen LogP contribution in [-0.2, 0) is 11.2 Å². The van der Waals surface area contributed by atoms with E-state index >= 15 is 0 Å². The molecule has 1 fully saturated rings. The zero-order valence-electron chi connectivity index (χ0n) is 14.9. The second-order valence-electron chi connectivity index (χ2n) is 6.53. The summed E-state index contributed by atoms with van der Waals surface area (Å²) in [5.74, 6) is 0.385. The molecule has 1 atom stereocenters. The van der Waals surface area contributed by atoms with E-state index in [0.29, 0.717) is 53.4 Å². The van der Waals surface area contributed by atoms with Gasteiger partial charge in [0.1, 0.15) is 11.9 Å². The molecule has 0 spiro atoms. The lowest BCUT2D eigenvalue weighted by Gasteiger charge is -2.08. The Balaban J connectivity index is 1.42. The Morgan fingerprint density at radius 1 is 1.33 bits per heavy atom. The molecule has 1 aromatic carbocycles. The van der Waals surface area contributed by atoms with Gasteiger partial charge in [-0.05, 0) is 38.0 Å². The van der Waals surface area contributed by atoms with Gasteiger partial charge in [0, 0.05) is 36.7 Å². The highest BCUT2D eigenvalue weighted by Crippen LogP contribution is 2.26. The molecule has 0 radical (unpaired) electrons. The number of halogens is 1. The van der Waals surface area contributed by atoms with Gasteiger partial charge in [-0.15, -0.1) is 0 Å². The van der Waals surface area contributed by atoms with Crippen LogP contribution < -0.4 is 5.32 Å². The molecule has 1 aliphatic rings. The van der Waals surface area contributed by atoms with Crippen molar-refractivity contribution < 1.29 is 18.4 Å². The van der Waals surface area contributed by atoms with Crippen molar-refractivity contribution in [1.29, 1.82) is 0 Å². The number of benzene rings is 1. The molecule has 7 nitrogen and oxygen atoms in total. The highest BCUT2D eigenvalue weighted by Gasteiger charge is 2.23. The third kappa shape index (κ3) is 3.80. The quantitative estimate of drug-likeness (QED) is 0.743. The molecule has 0 saturated carbocycles. The van der Waals surface area contributed by atoms with E-state index in [1.54, 1.807) is 19.1 Å². The van der Waals surface area contributed by atoms with E-state index in [2.05, 4.69) is 20.4 Å². The van der Waals surface area contributed by atoms with E-state index in [1.165, 1.54) is 12.1 Å². The average molecular weight is 370 g/mol. The smallest absolute Gasteiger partial charge is 0.255 e. The maximum atomic E-state index is 13.4. The molecule has 27 heavy (non-hydrogen) atoms. The van der Waals surface area contributed by atoms with Crippen molar-refractivity contribution in [3.05, 3.63) is 53.1 Å². The number of rotatable bonds is 5. The summed E-state index contributed by atoms with van der Waals surface area (Å²) >= 11 is 0. The van der Waals surface area contributed by atoms with E-state index in [4.69, 9.17) is 9.26 Å². The highest BCUT2D eigenvalue weighted by atomic mass is 19.1. The first-order valence-corrected chi connectivity index (χ1v) is 8.89. The predicted molar refractivity (Wildman–Crippen MR) is 94.7 cm³/mol. The van der Waals surface area contributed by atoms with E-state index < -0.39 is 0 Å². The molecule has 0 bridgehead atoms. The molecule has 1 N–H and O–H groups in total. The topological polar surface area (TPSA) is 90.1 Å². The van der Waals surface area contributed by atoms with Gasteiger partial charge in [-0.2, -0.15) is 4.98 Å². The Labute approximate surface area is 154 Å². The zero-order chi connectivity index (χ0) is 18.8. The average Bonchev–Trinajstić information content (AvgIpc) is 3.32. The van der Waals surface area contributed by atoms with Gasteiger partial charge in [0.05, 0.1) is 11.1 Å². The van der Waals surface area contributed by atoms with Crippen LogP contribution in [0.1, 0.15) is 46.7 Å². The minimum absolute atomic E-state index is 0.118. The minimum atomic E-state index is -0.383. The first-order chi connectivity index (χ1) is 13.1. The Hall–Kier alpha value is -2.87. The number of carbonyl (C=O) groups is 1. The van der Waals surface area contributed by atoms with Gasteiger partial charge in [0.2, 0.25) is 0 Å². The molecule has 140 valence electrons. The van der Waals surface area contributed by atoms with Gasteiger partial charge < -0.3 is 14.6 Å². The molecule has 3 heterocycles. The predicted octanol–water partition coefficient (Wildman–Crippen LogP) is 2.89. The maximum absolute atomic E-state index is 13.4. The normalized spacial score (nSPS) is 16.7. The van der Waals surface area contributed by atoms with Crippen molar-refractivity contribution in [2.75, 3.05) is 13.2 Å². The van der Waals surface area contributed by atoms with Crippen molar-refractivity contribution in [2.45, 2.75) is 32.3 Å². The number of pyridine rings is 1. The SMILES string of the molecule is Cc1cc(C(=O)NCCc2noc([C@@H]3CCCO3)n2)c2ccc(F)cc2n1. The van der Waals surface area contributed by atoms with Gasteiger partial charge in [-0.1, -0.05) is 5.16 Å². The molecule has 2 aromatic heterocycles. The van der Waals surface area contributed by atoms with Crippen LogP contribution >= 0.6 is 0 Å². The van der Waals surface area contributed by atoms with Gasteiger partial charge >= 0.3 is 0 Å². The van der Waals surface area contributed by atoms with Crippen molar-refractivity contribution >= 4 is 16.8 Å². The zero-order valence-corrected chi connectivity index (χ0v) is 14.9.